The number of aromatic nitrogens is 3. The zero-order valence-corrected chi connectivity index (χ0v) is 17.2. The summed E-state index contributed by atoms with van der Waals surface area (Å²) in [6, 6.07) is 8.41. The van der Waals surface area contributed by atoms with E-state index in [4.69, 9.17) is 0 Å². The maximum atomic E-state index is 4.49. The van der Waals surface area contributed by atoms with Gasteiger partial charge in [0.1, 0.15) is 0 Å². The number of piperazine rings is 1. The molecule has 7 heteroatoms. The molecule has 3 aromatic rings. The van der Waals surface area contributed by atoms with Gasteiger partial charge >= 0.3 is 0 Å². The highest BCUT2D eigenvalue weighted by atomic mass is 15.4. The molecule has 0 atom stereocenters. The van der Waals surface area contributed by atoms with E-state index in [0.717, 1.165) is 57.5 Å². The number of anilines is 1. The smallest absolute Gasteiger partial charge is 0.225 e. The Labute approximate surface area is 171 Å². The molecule has 0 radical (unpaired) electrons. The Morgan fingerprint density at radius 3 is 2.62 bits per heavy atom. The van der Waals surface area contributed by atoms with Gasteiger partial charge in [-0.25, -0.2) is 9.97 Å². The Kier molecular flexibility index (Phi) is 5.93. The number of fused-ring (bicyclic) bond motifs is 1. The molecule has 1 saturated heterocycles. The molecule has 4 rings (SSSR count). The van der Waals surface area contributed by atoms with Crippen LogP contribution in [0.25, 0.3) is 10.9 Å². The summed E-state index contributed by atoms with van der Waals surface area (Å²) in [6.07, 6.45) is 7.74. The SMILES string of the molecule is CCc1cccc2c(CCNC(=NC)N3CCN(c4ncccn4)CC3)c[nH]c12. The number of rotatable bonds is 5. The second kappa shape index (κ2) is 8.94. The van der Waals surface area contributed by atoms with E-state index in [1.807, 2.05) is 13.1 Å². The standard InChI is InChI=1S/C22H29N7/c1-3-17-6-4-7-19-18(16-27-20(17)19)8-11-26-21(23-2)28-12-14-29(15-13-28)22-24-9-5-10-25-22/h4-7,9-10,16,27H,3,8,11-15H2,1-2H3,(H,23,26). The first-order valence-corrected chi connectivity index (χ1v) is 10.4. The number of nitrogens with zero attached hydrogens (tertiary/aromatic N) is 5. The highest BCUT2D eigenvalue weighted by Gasteiger charge is 2.21. The minimum atomic E-state index is 0.806. The summed E-state index contributed by atoms with van der Waals surface area (Å²) in [6.45, 7) is 6.66. The second-order valence-corrected chi connectivity index (χ2v) is 7.25. The number of hydrogen-bond donors (Lipinski definition) is 2. The Morgan fingerprint density at radius 1 is 1.10 bits per heavy atom. The molecule has 152 valence electrons. The monoisotopic (exact) mass is 391 g/mol. The first kappa shape index (κ1) is 19.2. The predicted octanol–water partition coefficient (Wildman–Crippen LogP) is 2.46. The van der Waals surface area contributed by atoms with Crippen molar-refractivity contribution < 1.29 is 0 Å². The van der Waals surface area contributed by atoms with Crippen LogP contribution in [0.3, 0.4) is 0 Å². The third kappa shape index (κ3) is 4.18. The van der Waals surface area contributed by atoms with E-state index in [0.29, 0.717) is 0 Å². The zero-order valence-electron chi connectivity index (χ0n) is 17.2. The third-order valence-corrected chi connectivity index (χ3v) is 5.57. The molecule has 0 unspecified atom stereocenters. The van der Waals surface area contributed by atoms with Gasteiger partial charge in [-0.2, -0.15) is 0 Å². The van der Waals surface area contributed by atoms with E-state index in [1.54, 1.807) is 12.4 Å². The maximum absolute atomic E-state index is 4.49. The lowest BCUT2D eigenvalue weighted by Crippen LogP contribution is -2.53. The molecule has 2 N–H and O–H groups in total. The fourth-order valence-electron chi connectivity index (χ4n) is 3.99. The molecule has 2 aromatic heterocycles. The highest BCUT2D eigenvalue weighted by molar-refractivity contribution is 5.86. The molecule has 1 aromatic carbocycles. The summed E-state index contributed by atoms with van der Waals surface area (Å²) in [5.41, 5.74) is 4.00. The molecule has 3 heterocycles. The average Bonchev–Trinajstić information content (AvgIpc) is 3.21. The lowest BCUT2D eigenvalue weighted by molar-refractivity contribution is 0.370. The van der Waals surface area contributed by atoms with Crippen LogP contribution in [0.2, 0.25) is 0 Å². The molecule has 0 aliphatic carbocycles. The van der Waals surface area contributed by atoms with Crippen molar-refractivity contribution in [3.63, 3.8) is 0 Å². The summed E-state index contributed by atoms with van der Waals surface area (Å²) in [5.74, 6) is 1.77. The highest BCUT2D eigenvalue weighted by Crippen LogP contribution is 2.22. The Morgan fingerprint density at radius 2 is 1.90 bits per heavy atom. The molecule has 1 aliphatic rings. The van der Waals surface area contributed by atoms with Crippen molar-refractivity contribution in [1.82, 2.24) is 25.2 Å². The van der Waals surface area contributed by atoms with Gasteiger partial charge in [-0.15, -0.1) is 0 Å². The third-order valence-electron chi connectivity index (χ3n) is 5.57. The van der Waals surface area contributed by atoms with Crippen molar-refractivity contribution in [3.05, 3.63) is 54.0 Å². The first-order valence-electron chi connectivity index (χ1n) is 10.4. The van der Waals surface area contributed by atoms with Crippen molar-refractivity contribution in [2.24, 2.45) is 4.99 Å². The van der Waals surface area contributed by atoms with Gasteiger partial charge in [0.05, 0.1) is 0 Å². The number of aliphatic imine (C=N–C) groups is 1. The average molecular weight is 392 g/mol. The van der Waals surface area contributed by atoms with Gasteiger partial charge < -0.3 is 20.1 Å². The van der Waals surface area contributed by atoms with Crippen LogP contribution in [0.5, 0.6) is 0 Å². The van der Waals surface area contributed by atoms with Crippen LogP contribution >= 0.6 is 0 Å². The first-order chi connectivity index (χ1) is 14.3. The number of para-hydroxylation sites is 1. The molecular formula is C22H29N7. The van der Waals surface area contributed by atoms with Crippen LogP contribution in [0.1, 0.15) is 18.1 Å². The van der Waals surface area contributed by atoms with Crippen LogP contribution in [-0.2, 0) is 12.8 Å². The van der Waals surface area contributed by atoms with E-state index in [1.165, 1.54) is 22.0 Å². The fraction of sp³-hybridized carbons (Fsp3) is 0.409. The second-order valence-electron chi connectivity index (χ2n) is 7.25. The largest absolute Gasteiger partial charge is 0.361 e. The number of aromatic amines is 1. The van der Waals surface area contributed by atoms with Gasteiger partial charge in [0.15, 0.2) is 5.96 Å². The van der Waals surface area contributed by atoms with Gasteiger partial charge in [0, 0.05) is 69.3 Å². The minimum absolute atomic E-state index is 0.806. The van der Waals surface area contributed by atoms with E-state index < -0.39 is 0 Å². The van der Waals surface area contributed by atoms with Crippen LogP contribution in [0, 0.1) is 0 Å². The molecule has 0 saturated carbocycles. The van der Waals surface area contributed by atoms with Crippen LogP contribution in [0.15, 0.2) is 47.8 Å². The van der Waals surface area contributed by atoms with Gasteiger partial charge in [0.25, 0.3) is 0 Å². The van der Waals surface area contributed by atoms with Gasteiger partial charge in [-0.05, 0) is 30.0 Å². The molecule has 29 heavy (non-hydrogen) atoms. The molecule has 0 bridgehead atoms. The van der Waals surface area contributed by atoms with Crippen molar-refractivity contribution in [1.29, 1.82) is 0 Å². The van der Waals surface area contributed by atoms with Crippen molar-refractivity contribution in [2.45, 2.75) is 19.8 Å². The molecule has 7 nitrogen and oxygen atoms in total. The topological polar surface area (TPSA) is 72.4 Å². The number of hydrogen-bond acceptors (Lipinski definition) is 4. The van der Waals surface area contributed by atoms with E-state index in [2.05, 4.69) is 66.4 Å². The van der Waals surface area contributed by atoms with Crippen molar-refractivity contribution >= 4 is 22.8 Å². The predicted molar refractivity (Wildman–Crippen MR) is 119 cm³/mol. The number of nitrogens with one attached hydrogen (secondary N) is 2. The number of aryl methyl sites for hydroxylation is 1. The van der Waals surface area contributed by atoms with Crippen molar-refractivity contribution in [2.75, 3.05) is 44.7 Å². The summed E-state index contributed by atoms with van der Waals surface area (Å²) < 4.78 is 0. The summed E-state index contributed by atoms with van der Waals surface area (Å²) in [7, 11) is 1.86. The lowest BCUT2D eigenvalue weighted by atomic mass is 10.1. The Bertz CT molecular complexity index is 956. The number of H-pyrrole nitrogens is 1. The molecular weight excluding hydrogens is 362 g/mol. The Balaban J connectivity index is 1.32. The fourth-order valence-corrected chi connectivity index (χ4v) is 3.99. The lowest BCUT2D eigenvalue weighted by Gasteiger charge is -2.36. The van der Waals surface area contributed by atoms with Crippen molar-refractivity contribution in [3.8, 4) is 0 Å². The van der Waals surface area contributed by atoms with Crippen LogP contribution < -0.4 is 10.2 Å². The quantitative estimate of drug-likeness (QED) is 0.516. The zero-order chi connectivity index (χ0) is 20.1. The maximum Gasteiger partial charge on any atom is 0.225 e. The van der Waals surface area contributed by atoms with Gasteiger partial charge in [-0.3, -0.25) is 4.99 Å². The molecule has 1 aliphatic heterocycles. The van der Waals surface area contributed by atoms with Gasteiger partial charge in [-0.1, -0.05) is 25.1 Å². The minimum Gasteiger partial charge on any atom is -0.361 e. The number of benzene rings is 1. The van der Waals surface area contributed by atoms with Gasteiger partial charge in [0.2, 0.25) is 5.95 Å². The van der Waals surface area contributed by atoms with Crippen LogP contribution in [0.4, 0.5) is 5.95 Å². The summed E-state index contributed by atoms with van der Waals surface area (Å²) >= 11 is 0. The number of guanidine groups is 1. The van der Waals surface area contributed by atoms with E-state index in [-0.39, 0.29) is 0 Å². The van der Waals surface area contributed by atoms with Crippen LogP contribution in [-0.4, -0.2) is 65.6 Å². The molecule has 0 amide bonds. The normalized spacial score (nSPS) is 15.2. The Hall–Kier alpha value is -3.09. The molecule has 0 spiro atoms. The van der Waals surface area contributed by atoms with E-state index in [9.17, 15) is 0 Å². The summed E-state index contributed by atoms with van der Waals surface area (Å²) in [5, 5.41) is 4.87. The van der Waals surface area contributed by atoms with E-state index >= 15 is 0 Å². The molecule has 1 fully saturated rings. The summed E-state index contributed by atoms with van der Waals surface area (Å²) in [4.78, 5) is 21.2.